The third kappa shape index (κ3) is 3.53. The number of aliphatic hydroxyl groups is 1. The van der Waals surface area contributed by atoms with Crippen LogP contribution in [0.4, 0.5) is 0 Å². The lowest BCUT2D eigenvalue weighted by molar-refractivity contribution is 0.171. The molecule has 0 bridgehead atoms. The van der Waals surface area contributed by atoms with E-state index in [4.69, 9.17) is 10.8 Å². The van der Waals surface area contributed by atoms with Gasteiger partial charge in [0.15, 0.2) is 0 Å². The second kappa shape index (κ2) is 6.15. The molecule has 0 amide bonds. The fourth-order valence-corrected chi connectivity index (χ4v) is 2.50. The Bertz CT molecular complexity index is 337. The first kappa shape index (κ1) is 12.6. The Labute approximate surface area is 103 Å². The summed E-state index contributed by atoms with van der Waals surface area (Å²) in [4.78, 5) is 2.48. The third-order valence-corrected chi connectivity index (χ3v) is 3.55. The Kier molecular flexibility index (Phi) is 4.54. The van der Waals surface area contributed by atoms with E-state index in [1.54, 1.807) is 0 Å². The van der Waals surface area contributed by atoms with Gasteiger partial charge in [-0.3, -0.25) is 4.90 Å². The molecular weight excluding hydrogens is 212 g/mol. The number of aliphatic hydroxyl groups excluding tert-OH is 1. The monoisotopic (exact) mass is 234 g/mol. The van der Waals surface area contributed by atoms with Gasteiger partial charge < -0.3 is 10.8 Å². The highest BCUT2D eigenvalue weighted by molar-refractivity contribution is 5.21. The predicted octanol–water partition coefficient (Wildman–Crippen LogP) is 1.35. The van der Waals surface area contributed by atoms with E-state index < -0.39 is 0 Å². The minimum Gasteiger partial charge on any atom is -0.392 e. The van der Waals surface area contributed by atoms with E-state index in [9.17, 15) is 0 Å². The number of nitrogens with zero attached hydrogens (tertiary/aromatic N) is 1. The SMILES string of the molecule is NCC1CCCN(Cc2ccc(CO)cc2)C1. The molecule has 1 aromatic rings. The zero-order valence-electron chi connectivity index (χ0n) is 10.3. The molecular formula is C14H22N2O. The number of hydrogen-bond acceptors (Lipinski definition) is 3. The van der Waals surface area contributed by atoms with Crippen molar-refractivity contribution >= 4 is 0 Å². The lowest BCUT2D eigenvalue weighted by Crippen LogP contribution is -2.37. The van der Waals surface area contributed by atoms with Gasteiger partial charge in [0.05, 0.1) is 6.61 Å². The van der Waals surface area contributed by atoms with Gasteiger partial charge in [-0.25, -0.2) is 0 Å². The van der Waals surface area contributed by atoms with Crippen molar-refractivity contribution in [3.8, 4) is 0 Å². The van der Waals surface area contributed by atoms with Crippen LogP contribution in [-0.2, 0) is 13.2 Å². The molecule has 1 aliphatic rings. The molecule has 3 N–H and O–H groups in total. The minimum absolute atomic E-state index is 0.124. The molecule has 0 spiro atoms. The normalized spacial score (nSPS) is 21.6. The molecule has 3 nitrogen and oxygen atoms in total. The molecule has 0 aliphatic carbocycles. The van der Waals surface area contributed by atoms with Crippen molar-refractivity contribution in [2.45, 2.75) is 26.0 Å². The summed E-state index contributed by atoms with van der Waals surface area (Å²) in [5, 5.41) is 8.99. The molecule has 1 atom stereocenters. The summed E-state index contributed by atoms with van der Waals surface area (Å²) in [5.41, 5.74) is 8.04. The van der Waals surface area contributed by atoms with Gasteiger partial charge in [0.2, 0.25) is 0 Å². The maximum Gasteiger partial charge on any atom is 0.0681 e. The maximum atomic E-state index is 8.99. The Morgan fingerprint density at radius 2 is 1.94 bits per heavy atom. The van der Waals surface area contributed by atoms with Gasteiger partial charge in [-0.2, -0.15) is 0 Å². The van der Waals surface area contributed by atoms with E-state index in [1.807, 2.05) is 12.1 Å². The van der Waals surface area contributed by atoms with Crippen LogP contribution >= 0.6 is 0 Å². The van der Waals surface area contributed by atoms with Crippen molar-refractivity contribution < 1.29 is 5.11 Å². The molecule has 94 valence electrons. The van der Waals surface area contributed by atoms with Crippen molar-refractivity contribution in [2.24, 2.45) is 11.7 Å². The first-order valence-corrected chi connectivity index (χ1v) is 6.43. The summed E-state index contributed by atoms with van der Waals surface area (Å²) < 4.78 is 0. The summed E-state index contributed by atoms with van der Waals surface area (Å²) in [6, 6.07) is 8.22. The van der Waals surface area contributed by atoms with Gasteiger partial charge in [-0.15, -0.1) is 0 Å². The quantitative estimate of drug-likeness (QED) is 0.827. The van der Waals surface area contributed by atoms with Crippen LogP contribution in [0.3, 0.4) is 0 Å². The zero-order chi connectivity index (χ0) is 12.1. The molecule has 1 fully saturated rings. The number of hydrogen-bond donors (Lipinski definition) is 2. The average Bonchev–Trinajstić information content (AvgIpc) is 2.40. The van der Waals surface area contributed by atoms with Crippen molar-refractivity contribution in [2.75, 3.05) is 19.6 Å². The summed E-state index contributed by atoms with van der Waals surface area (Å²) in [6.07, 6.45) is 2.53. The van der Waals surface area contributed by atoms with Crippen LogP contribution in [0.5, 0.6) is 0 Å². The van der Waals surface area contributed by atoms with E-state index in [2.05, 4.69) is 17.0 Å². The first-order chi connectivity index (χ1) is 8.31. The fraction of sp³-hybridized carbons (Fsp3) is 0.571. The second-order valence-corrected chi connectivity index (χ2v) is 4.95. The highest BCUT2D eigenvalue weighted by Crippen LogP contribution is 2.17. The fourth-order valence-electron chi connectivity index (χ4n) is 2.50. The second-order valence-electron chi connectivity index (χ2n) is 4.95. The van der Waals surface area contributed by atoms with Crippen LogP contribution in [0, 0.1) is 5.92 Å². The molecule has 1 aliphatic heterocycles. The zero-order valence-corrected chi connectivity index (χ0v) is 10.3. The molecule has 17 heavy (non-hydrogen) atoms. The molecule has 1 aromatic carbocycles. The van der Waals surface area contributed by atoms with Crippen LogP contribution in [0.15, 0.2) is 24.3 Å². The van der Waals surface area contributed by atoms with Crippen molar-refractivity contribution in [1.29, 1.82) is 0 Å². The molecule has 2 rings (SSSR count). The van der Waals surface area contributed by atoms with Gasteiger partial charge in [0, 0.05) is 13.1 Å². The molecule has 3 heteroatoms. The summed E-state index contributed by atoms with van der Waals surface area (Å²) in [7, 11) is 0. The number of rotatable bonds is 4. The predicted molar refractivity (Wildman–Crippen MR) is 69.4 cm³/mol. The first-order valence-electron chi connectivity index (χ1n) is 6.43. The van der Waals surface area contributed by atoms with Crippen molar-refractivity contribution in [3.63, 3.8) is 0 Å². The minimum atomic E-state index is 0.124. The van der Waals surface area contributed by atoms with Crippen LogP contribution in [-0.4, -0.2) is 29.6 Å². The Morgan fingerprint density at radius 3 is 2.59 bits per heavy atom. The van der Waals surface area contributed by atoms with Gasteiger partial charge in [-0.1, -0.05) is 24.3 Å². The summed E-state index contributed by atoms with van der Waals surface area (Å²) >= 11 is 0. The number of piperidine rings is 1. The lowest BCUT2D eigenvalue weighted by atomic mass is 9.98. The smallest absolute Gasteiger partial charge is 0.0681 e. The number of nitrogens with two attached hydrogens (primary N) is 1. The molecule has 1 heterocycles. The number of benzene rings is 1. The Balaban J connectivity index is 1.90. The Hall–Kier alpha value is -0.900. The van der Waals surface area contributed by atoms with Crippen LogP contribution in [0.2, 0.25) is 0 Å². The van der Waals surface area contributed by atoms with Crippen LogP contribution < -0.4 is 5.73 Å². The van der Waals surface area contributed by atoms with Gasteiger partial charge in [0.1, 0.15) is 0 Å². The van der Waals surface area contributed by atoms with Crippen molar-refractivity contribution in [1.82, 2.24) is 4.90 Å². The summed E-state index contributed by atoms with van der Waals surface area (Å²) in [6.45, 7) is 4.23. The van der Waals surface area contributed by atoms with Crippen LogP contribution in [0.1, 0.15) is 24.0 Å². The average molecular weight is 234 g/mol. The van der Waals surface area contributed by atoms with E-state index in [1.165, 1.54) is 24.9 Å². The molecule has 0 aromatic heterocycles. The Morgan fingerprint density at radius 1 is 1.24 bits per heavy atom. The highest BCUT2D eigenvalue weighted by Gasteiger charge is 2.18. The van der Waals surface area contributed by atoms with Gasteiger partial charge >= 0.3 is 0 Å². The third-order valence-electron chi connectivity index (χ3n) is 3.55. The molecule has 0 saturated carbocycles. The number of likely N-dealkylation sites (tertiary alicyclic amines) is 1. The maximum absolute atomic E-state index is 8.99. The van der Waals surface area contributed by atoms with E-state index in [0.29, 0.717) is 5.92 Å². The summed E-state index contributed by atoms with van der Waals surface area (Å²) in [5.74, 6) is 0.667. The topological polar surface area (TPSA) is 49.5 Å². The van der Waals surface area contributed by atoms with Crippen molar-refractivity contribution in [3.05, 3.63) is 35.4 Å². The van der Waals surface area contributed by atoms with Gasteiger partial charge in [0.25, 0.3) is 0 Å². The lowest BCUT2D eigenvalue weighted by Gasteiger charge is -2.32. The van der Waals surface area contributed by atoms with E-state index >= 15 is 0 Å². The largest absolute Gasteiger partial charge is 0.392 e. The van der Waals surface area contributed by atoms with E-state index in [0.717, 1.165) is 25.2 Å². The van der Waals surface area contributed by atoms with Gasteiger partial charge in [-0.05, 0) is 43.0 Å². The standard InChI is InChI=1S/C14H22N2O/c15-8-14-2-1-7-16(10-14)9-12-3-5-13(11-17)6-4-12/h3-6,14,17H,1-2,7-11,15H2. The molecule has 0 radical (unpaired) electrons. The molecule has 1 unspecified atom stereocenters. The molecule has 1 saturated heterocycles. The van der Waals surface area contributed by atoms with Crippen LogP contribution in [0.25, 0.3) is 0 Å². The highest BCUT2D eigenvalue weighted by atomic mass is 16.3. The van der Waals surface area contributed by atoms with E-state index in [-0.39, 0.29) is 6.61 Å².